The molecule has 0 aromatic heterocycles. The number of hydrogen-bond acceptors (Lipinski definition) is 3. The number of carboxylic acid groups (broad SMARTS) is 1. The Bertz CT molecular complexity index is 356. The summed E-state index contributed by atoms with van der Waals surface area (Å²) in [5.74, 6) is 1.08. The van der Waals surface area contributed by atoms with E-state index in [2.05, 4.69) is 28.2 Å². The van der Waals surface area contributed by atoms with Gasteiger partial charge in [-0.25, -0.2) is 4.79 Å². The Kier molecular flexibility index (Phi) is 6.44. The quantitative estimate of drug-likeness (QED) is 0.756. The van der Waals surface area contributed by atoms with Crippen LogP contribution >= 0.6 is 27.7 Å². The van der Waals surface area contributed by atoms with E-state index in [1.54, 1.807) is 11.8 Å². The van der Waals surface area contributed by atoms with Crippen LogP contribution in [-0.4, -0.2) is 28.6 Å². The van der Waals surface area contributed by atoms with Crippen molar-refractivity contribution in [2.24, 2.45) is 0 Å². The molecule has 0 aliphatic rings. The molecular formula is C12H16BrNO2S. The largest absolute Gasteiger partial charge is 0.480 e. The molecule has 1 atom stereocenters. The summed E-state index contributed by atoms with van der Waals surface area (Å²) in [5, 5.41) is 12.1. The first-order valence-corrected chi connectivity index (χ1v) is 7.41. The van der Waals surface area contributed by atoms with Crippen LogP contribution in [0.2, 0.25) is 0 Å². The van der Waals surface area contributed by atoms with Gasteiger partial charge in [0, 0.05) is 10.2 Å². The van der Waals surface area contributed by atoms with E-state index < -0.39 is 12.0 Å². The molecule has 3 nitrogen and oxygen atoms in total. The maximum absolute atomic E-state index is 11.1. The lowest BCUT2D eigenvalue weighted by atomic mass is 10.2. The number of halogens is 1. The van der Waals surface area contributed by atoms with E-state index in [-0.39, 0.29) is 0 Å². The zero-order chi connectivity index (χ0) is 12.7. The first kappa shape index (κ1) is 14.4. The Morgan fingerprint density at radius 2 is 2.12 bits per heavy atom. The molecule has 1 rings (SSSR count). The summed E-state index contributed by atoms with van der Waals surface area (Å²) in [4.78, 5) is 11.1. The smallest absolute Gasteiger partial charge is 0.326 e. The second-order valence-corrected chi connectivity index (χ2v) is 5.84. The van der Waals surface area contributed by atoms with Gasteiger partial charge in [0.15, 0.2) is 0 Å². The van der Waals surface area contributed by atoms with Crippen molar-refractivity contribution >= 4 is 39.3 Å². The zero-order valence-corrected chi connectivity index (χ0v) is 12.1. The SMILES string of the molecule is CCSCCC(Nc1ccc(Br)cc1)C(=O)O. The molecule has 94 valence electrons. The summed E-state index contributed by atoms with van der Waals surface area (Å²) < 4.78 is 0.983. The highest BCUT2D eigenvalue weighted by Crippen LogP contribution is 2.16. The summed E-state index contributed by atoms with van der Waals surface area (Å²) in [6.45, 7) is 2.07. The van der Waals surface area contributed by atoms with Crippen molar-refractivity contribution in [3.05, 3.63) is 28.7 Å². The molecule has 1 unspecified atom stereocenters. The van der Waals surface area contributed by atoms with Gasteiger partial charge in [-0.15, -0.1) is 0 Å². The van der Waals surface area contributed by atoms with E-state index in [4.69, 9.17) is 5.11 Å². The number of nitrogens with one attached hydrogen (secondary N) is 1. The summed E-state index contributed by atoms with van der Waals surface area (Å²) in [5.41, 5.74) is 0.835. The third-order valence-electron chi connectivity index (χ3n) is 2.24. The van der Waals surface area contributed by atoms with E-state index in [9.17, 15) is 4.79 Å². The van der Waals surface area contributed by atoms with Crippen molar-refractivity contribution < 1.29 is 9.90 Å². The van der Waals surface area contributed by atoms with Crippen LogP contribution in [0.5, 0.6) is 0 Å². The highest BCUT2D eigenvalue weighted by molar-refractivity contribution is 9.10. The van der Waals surface area contributed by atoms with E-state index >= 15 is 0 Å². The lowest BCUT2D eigenvalue weighted by Crippen LogP contribution is -2.29. The van der Waals surface area contributed by atoms with Gasteiger partial charge in [-0.3, -0.25) is 0 Å². The molecule has 0 saturated carbocycles. The summed E-state index contributed by atoms with van der Waals surface area (Å²) in [6.07, 6.45) is 0.629. The van der Waals surface area contributed by atoms with Gasteiger partial charge < -0.3 is 10.4 Å². The van der Waals surface area contributed by atoms with E-state index in [0.29, 0.717) is 6.42 Å². The van der Waals surface area contributed by atoms with Gasteiger partial charge in [0.1, 0.15) is 6.04 Å². The number of hydrogen-bond donors (Lipinski definition) is 2. The predicted molar refractivity (Wildman–Crippen MR) is 76.8 cm³/mol. The number of benzene rings is 1. The first-order chi connectivity index (χ1) is 8.13. The lowest BCUT2D eigenvalue weighted by molar-refractivity contribution is -0.137. The van der Waals surface area contributed by atoms with Gasteiger partial charge in [-0.2, -0.15) is 11.8 Å². The van der Waals surface area contributed by atoms with Gasteiger partial charge in [-0.05, 0) is 42.2 Å². The summed E-state index contributed by atoms with van der Waals surface area (Å²) >= 11 is 5.10. The molecule has 0 heterocycles. The fraction of sp³-hybridized carbons (Fsp3) is 0.417. The van der Waals surface area contributed by atoms with Gasteiger partial charge in [0.05, 0.1) is 0 Å². The van der Waals surface area contributed by atoms with Crippen LogP contribution in [0.25, 0.3) is 0 Å². The summed E-state index contributed by atoms with van der Waals surface area (Å²) in [6, 6.07) is 7.00. The Morgan fingerprint density at radius 3 is 2.65 bits per heavy atom. The van der Waals surface area contributed by atoms with Gasteiger partial charge >= 0.3 is 5.97 Å². The molecule has 0 radical (unpaired) electrons. The van der Waals surface area contributed by atoms with Crippen molar-refractivity contribution in [1.82, 2.24) is 0 Å². The molecule has 2 N–H and O–H groups in total. The maximum atomic E-state index is 11.1. The predicted octanol–water partition coefficient (Wildman–Crippen LogP) is 3.46. The van der Waals surface area contributed by atoms with Crippen LogP contribution in [0, 0.1) is 0 Å². The molecule has 0 saturated heterocycles. The molecule has 5 heteroatoms. The molecule has 0 aliphatic heterocycles. The Balaban J connectivity index is 2.54. The molecular weight excluding hydrogens is 302 g/mol. The molecule has 0 spiro atoms. The second-order valence-electron chi connectivity index (χ2n) is 3.53. The standard InChI is InChI=1S/C12H16BrNO2S/c1-2-17-8-7-11(12(15)16)14-10-5-3-9(13)4-6-10/h3-6,11,14H,2,7-8H2,1H3,(H,15,16). The molecule has 17 heavy (non-hydrogen) atoms. The normalized spacial score (nSPS) is 12.1. The average molecular weight is 318 g/mol. The molecule has 0 aliphatic carbocycles. The number of carboxylic acids is 1. The number of thioether (sulfide) groups is 1. The molecule has 0 amide bonds. The van der Waals surface area contributed by atoms with Crippen LogP contribution in [0.4, 0.5) is 5.69 Å². The maximum Gasteiger partial charge on any atom is 0.326 e. The lowest BCUT2D eigenvalue weighted by Gasteiger charge is -2.15. The molecule has 0 bridgehead atoms. The zero-order valence-electron chi connectivity index (χ0n) is 9.65. The van der Waals surface area contributed by atoms with Crippen molar-refractivity contribution in [2.75, 3.05) is 16.8 Å². The monoisotopic (exact) mass is 317 g/mol. The van der Waals surface area contributed by atoms with E-state index in [1.165, 1.54) is 0 Å². The number of anilines is 1. The second kappa shape index (κ2) is 7.61. The van der Waals surface area contributed by atoms with Crippen LogP contribution in [-0.2, 0) is 4.79 Å². The minimum Gasteiger partial charge on any atom is -0.480 e. The van der Waals surface area contributed by atoms with Crippen LogP contribution < -0.4 is 5.32 Å². The third-order valence-corrected chi connectivity index (χ3v) is 3.70. The molecule has 1 aromatic rings. The fourth-order valence-electron chi connectivity index (χ4n) is 1.35. The van der Waals surface area contributed by atoms with Crippen LogP contribution in [0.15, 0.2) is 28.7 Å². The Labute approximate surface area is 114 Å². The number of rotatable bonds is 7. The van der Waals surface area contributed by atoms with E-state index in [1.807, 2.05) is 24.3 Å². The fourth-order valence-corrected chi connectivity index (χ4v) is 2.31. The van der Waals surface area contributed by atoms with Gasteiger partial charge in [-0.1, -0.05) is 22.9 Å². The molecule has 0 fully saturated rings. The van der Waals surface area contributed by atoms with Crippen molar-refractivity contribution in [3.63, 3.8) is 0 Å². The van der Waals surface area contributed by atoms with Crippen molar-refractivity contribution in [3.8, 4) is 0 Å². The van der Waals surface area contributed by atoms with Crippen LogP contribution in [0.1, 0.15) is 13.3 Å². The Morgan fingerprint density at radius 1 is 1.47 bits per heavy atom. The van der Waals surface area contributed by atoms with Gasteiger partial charge in [0.25, 0.3) is 0 Å². The number of aliphatic carboxylic acids is 1. The highest BCUT2D eigenvalue weighted by Gasteiger charge is 2.16. The minimum absolute atomic E-state index is 0.518. The number of carbonyl (C=O) groups is 1. The summed E-state index contributed by atoms with van der Waals surface area (Å²) in [7, 11) is 0. The third kappa shape index (κ3) is 5.46. The average Bonchev–Trinajstić information content (AvgIpc) is 2.30. The topological polar surface area (TPSA) is 49.3 Å². The van der Waals surface area contributed by atoms with Crippen molar-refractivity contribution in [1.29, 1.82) is 0 Å². The van der Waals surface area contributed by atoms with E-state index in [0.717, 1.165) is 21.7 Å². The highest BCUT2D eigenvalue weighted by atomic mass is 79.9. The Hall–Kier alpha value is -0.680. The van der Waals surface area contributed by atoms with Crippen molar-refractivity contribution in [2.45, 2.75) is 19.4 Å². The molecule has 1 aromatic carbocycles. The first-order valence-electron chi connectivity index (χ1n) is 5.46. The minimum atomic E-state index is -0.801. The van der Waals surface area contributed by atoms with Gasteiger partial charge in [0.2, 0.25) is 0 Å². The van der Waals surface area contributed by atoms with Crippen LogP contribution in [0.3, 0.4) is 0 Å².